The van der Waals surface area contributed by atoms with Gasteiger partial charge in [0.15, 0.2) is 12.2 Å². The number of carbonyl (C=O) groups is 2. The van der Waals surface area contributed by atoms with Crippen molar-refractivity contribution >= 4 is 22.1 Å². The Morgan fingerprint density at radius 3 is 2.34 bits per heavy atom. The molecule has 1 N–H and O–H groups in total. The first-order valence-corrected chi connectivity index (χ1v) is 14.5. The van der Waals surface area contributed by atoms with E-state index in [0.29, 0.717) is 5.56 Å². The third kappa shape index (κ3) is 8.82. The number of alkyl halides is 3. The van der Waals surface area contributed by atoms with Crippen LogP contribution in [0.1, 0.15) is 32.0 Å². The van der Waals surface area contributed by atoms with Gasteiger partial charge in [-0.15, -0.1) is 5.01 Å². The fourth-order valence-electron chi connectivity index (χ4n) is 3.58. The summed E-state index contributed by atoms with van der Waals surface area (Å²) in [5, 5.41) is 19.8. The van der Waals surface area contributed by atoms with Crippen molar-refractivity contribution in [2.45, 2.75) is 45.1 Å². The summed E-state index contributed by atoms with van der Waals surface area (Å²) in [6.07, 6.45) is -7.09. The molecular weight excluding hydrogens is 613 g/mol. The molecule has 1 atom stereocenters. The van der Waals surface area contributed by atoms with Gasteiger partial charge in [-0.25, -0.2) is 22.6 Å². The lowest BCUT2D eigenvalue weighted by molar-refractivity contribution is -0.710. The standard InChI is InChI=1S/C26H29F3N6O8S/c1-5-33(35(38)32-43-18(4)42-25(37)41-6-2)16-24(36)31-44(39,40)21-13-11-20(12-14-21)34-22(15-23(30-34)26(27,28)29)19-9-7-17(3)8-10-19/h7-15,18H,5-6,16H2,1-4H3,(H,31,36)/b35-32-. The second kappa shape index (κ2) is 14.1. The van der Waals surface area contributed by atoms with E-state index in [1.165, 1.54) is 26.0 Å². The molecule has 18 heteroatoms. The Hall–Kier alpha value is -4.87. The number of ether oxygens (including phenoxy) is 2. The maximum absolute atomic E-state index is 13.5. The fraction of sp³-hybridized carbons (Fsp3) is 0.346. The molecule has 0 saturated carbocycles. The average molecular weight is 643 g/mol. The number of nitrogens with one attached hydrogen (secondary N) is 1. The number of halogens is 3. The predicted molar refractivity (Wildman–Crippen MR) is 146 cm³/mol. The van der Waals surface area contributed by atoms with Gasteiger partial charge in [-0.2, -0.15) is 18.3 Å². The number of aryl methyl sites for hydroxylation is 1. The van der Waals surface area contributed by atoms with E-state index in [-0.39, 0.29) is 34.4 Å². The summed E-state index contributed by atoms with van der Waals surface area (Å²) in [4.78, 5) is 28.0. The quantitative estimate of drug-likeness (QED) is 0.0988. The number of hydrogen-bond acceptors (Lipinski definition) is 10. The minimum atomic E-state index is -4.72. The molecule has 0 aliphatic rings. The van der Waals surface area contributed by atoms with Crippen LogP contribution in [0.25, 0.3) is 16.9 Å². The molecule has 3 aromatic rings. The molecule has 0 spiro atoms. The van der Waals surface area contributed by atoms with Gasteiger partial charge in [-0.1, -0.05) is 29.8 Å². The van der Waals surface area contributed by atoms with Crippen LogP contribution in [0.5, 0.6) is 0 Å². The lowest BCUT2D eigenvalue weighted by atomic mass is 10.1. The van der Waals surface area contributed by atoms with Crippen molar-refractivity contribution in [3.8, 4) is 16.9 Å². The zero-order chi connectivity index (χ0) is 32.7. The van der Waals surface area contributed by atoms with Crippen LogP contribution < -0.4 is 4.72 Å². The molecule has 1 aromatic heterocycles. The molecule has 0 saturated heterocycles. The van der Waals surface area contributed by atoms with Crippen LogP contribution in [-0.2, 0) is 35.3 Å². The highest BCUT2D eigenvalue weighted by atomic mass is 32.2. The fourth-order valence-corrected chi connectivity index (χ4v) is 4.56. The summed E-state index contributed by atoms with van der Waals surface area (Å²) >= 11 is 0. The number of amides is 1. The summed E-state index contributed by atoms with van der Waals surface area (Å²) in [7, 11) is -4.46. The number of benzene rings is 2. The third-order valence-corrected chi connectivity index (χ3v) is 7.10. The zero-order valence-corrected chi connectivity index (χ0v) is 24.8. The molecule has 1 heterocycles. The highest BCUT2D eigenvalue weighted by Gasteiger charge is 2.35. The Morgan fingerprint density at radius 2 is 1.77 bits per heavy atom. The molecule has 0 bridgehead atoms. The van der Waals surface area contributed by atoms with Crippen LogP contribution >= 0.6 is 0 Å². The van der Waals surface area contributed by atoms with Crippen LogP contribution in [0.3, 0.4) is 0 Å². The highest BCUT2D eigenvalue weighted by Crippen LogP contribution is 2.33. The van der Waals surface area contributed by atoms with Crippen molar-refractivity contribution in [3.63, 3.8) is 0 Å². The van der Waals surface area contributed by atoms with Crippen molar-refractivity contribution in [3.05, 3.63) is 71.1 Å². The third-order valence-electron chi connectivity index (χ3n) is 5.71. The van der Waals surface area contributed by atoms with Crippen molar-refractivity contribution in [1.29, 1.82) is 0 Å². The summed E-state index contributed by atoms with van der Waals surface area (Å²) < 4.78 is 78.2. The Bertz CT molecular complexity index is 1590. The van der Waals surface area contributed by atoms with E-state index < -0.39 is 46.8 Å². The number of hydrogen-bond donors (Lipinski definition) is 1. The van der Waals surface area contributed by atoms with Crippen LogP contribution in [0.15, 0.2) is 64.8 Å². The van der Waals surface area contributed by atoms with E-state index in [1.54, 1.807) is 31.2 Å². The van der Waals surface area contributed by atoms with E-state index >= 15 is 0 Å². The second-order valence-corrected chi connectivity index (χ2v) is 10.7. The van der Waals surface area contributed by atoms with Crippen LogP contribution in [0, 0.1) is 12.1 Å². The second-order valence-electron chi connectivity index (χ2n) is 9.00. The minimum absolute atomic E-state index is 0.0459. The molecule has 14 nitrogen and oxygen atoms in total. The van der Waals surface area contributed by atoms with Gasteiger partial charge < -0.3 is 14.7 Å². The Morgan fingerprint density at radius 1 is 1.14 bits per heavy atom. The Balaban J connectivity index is 1.74. The number of rotatable bonds is 12. The number of hydrazine groups is 1. The molecule has 1 amide bonds. The molecule has 0 fully saturated rings. The molecule has 3 rings (SSSR count). The van der Waals surface area contributed by atoms with Crippen molar-refractivity contribution < 1.29 is 50.5 Å². The van der Waals surface area contributed by atoms with Gasteiger partial charge in [0.1, 0.15) is 0 Å². The van der Waals surface area contributed by atoms with Gasteiger partial charge in [0, 0.05) is 12.5 Å². The number of nitrogens with zero attached hydrogens (tertiary/aromatic N) is 5. The lowest BCUT2D eigenvalue weighted by Crippen LogP contribution is -2.42. The van der Waals surface area contributed by atoms with Crippen LogP contribution in [0.4, 0.5) is 18.0 Å². The van der Waals surface area contributed by atoms with E-state index in [4.69, 9.17) is 4.84 Å². The monoisotopic (exact) mass is 642 g/mol. The number of likely N-dealkylation sites (N-methyl/N-ethyl adjacent to an activating group) is 1. The summed E-state index contributed by atoms with van der Waals surface area (Å²) in [5.74, 6) is -1.11. The smallest absolute Gasteiger partial charge is 0.511 e. The lowest BCUT2D eigenvalue weighted by Gasteiger charge is -2.16. The number of sulfonamides is 1. The van der Waals surface area contributed by atoms with E-state index in [9.17, 15) is 36.4 Å². The maximum atomic E-state index is 13.5. The molecule has 0 aliphatic heterocycles. The highest BCUT2D eigenvalue weighted by molar-refractivity contribution is 7.90. The Kier molecular flexibility index (Phi) is 10.8. The SMILES string of the molecule is CCOC(=O)OC(C)O/N=[N+](\[O-])N(CC)CC(=O)NS(=O)(=O)c1ccc(-n2nc(C(F)(F)F)cc2-c2ccc(C)cc2)cc1. The minimum Gasteiger partial charge on any atom is -0.569 e. The zero-order valence-electron chi connectivity index (χ0n) is 23.9. The number of aromatic nitrogens is 2. The summed E-state index contributed by atoms with van der Waals surface area (Å²) in [6.45, 7) is 5.29. The topological polar surface area (TPSA) is 167 Å². The Labute approximate surface area is 250 Å². The van der Waals surface area contributed by atoms with Gasteiger partial charge in [-0.3, -0.25) is 9.63 Å². The summed E-state index contributed by atoms with van der Waals surface area (Å²) in [6, 6.07) is 12.3. The average Bonchev–Trinajstić information content (AvgIpc) is 3.41. The molecule has 0 aliphatic carbocycles. The normalized spacial score (nSPS) is 12.8. The largest absolute Gasteiger partial charge is 0.569 e. The summed E-state index contributed by atoms with van der Waals surface area (Å²) in [5.41, 5.74) is 0.467. The van der Waals surface area contributed by atoms with Gasteiger partial charge in [0.05, 0.1) is 34.4 Å². The van der Waals surface area contributed by atoms with Gasteiger partial charge in [0.25, 0.3) is 22.2 Å². The van der Waals surface area contributed by atoms with Crippen molar-refractivity contribution in [2.24, 2.45) is 5.28 Å². The maximum Gasteiger partial charge on any atom is 0.511 e. The first kappa shape index (κ1) is 33.6. The van der Waals surface area contributed by atoms with Crippen molar-refractivity contribution in [2.75, 3.05) is 19.7 Å². The first-order valence-electron chi connectivity index (χ1n) is 13.0. The van der Waals surface area contributed by atoms with E-state index in [1.807, 2.05) is 11.6 Å². The van der Waals surface area contributed by atoms with Crippen LogP contribution in [0.2, 0.25) is 0 Å². The molecule has 238 valence electrons. The molecule has 2 aromatic carbocycles. The molecular formula is C26H29F3N6O8S. The van der Waals surface area contributed by atoms with Gasteiger partial charge >= 0.3 is 12.3 Å². The van der Waals surface area contributed by atoms with Gasteiger partial charge in [0.2, 0.25) is 5.28 Å². The van der Waals surface area contributed by atoms with E-state index in [2.05, 4.69) is 19.8 Å². The molecule has 0 radical (unpaired) electrons. The first-order chi connectivity index (χ1) is 20.6. The molecule has 44 heavy (non-hydrogen) atoms. The predicted octanol–water partition coefficient (Wildman–Crippen LogP) is 4.32. The van der Waals surface area contributed by atoms with Gasteiger partial charge in [-0.05, 0) is 51.1 Å². The van der Waals surface area contributed by atoms with Crippen LogP contribution in [-0.4, -0.2) is 66.2 Å². The van der Waals surface area contributed by atoms with Crippen molar-refractivity contribution in [1.82, 2.24) is 19.5 Å². The van der Waals surface area contributed by atoms with E-state index in [0.717, 1.165) is 33.5 Å². The number of carbonyl (C=O) groups excluding carboxylic acids is 2. The molecule has 1 unspecified atom stereocenters.